The number of aromatic nitrogens is 3. The van der Waals surface area contributed by atoms with Crippen LogP contribution in [0.15, 0.2) is 43.0 Å². The fourth-order valence-corrected chi connectivity index (χ4v) is 2.29. The Bertz CT molecular complexity index is 754. The normalized spacial score (nSPS) is 12.8. The lowest BCUT2D eigenvalue weighted by Gasteiger charge is -2.16. The second-order valence-corrected chi connectivity index (χ2v) is 4.39. The molecule has 0 bridgehead atoms. The van der Waals surface area contributed by atoms with Gasteiger partial charge in [0.1, 0.15) is 11.6 Å². The van der Waals surface area contributed by atoms with Crippen molar-refractivity contribution in [2.24, 2.45) is 0 Å². The molecular weight excluding hydrogens is 262 g/mol. The third-order valence-electron chi connectivity index (χ3n) is 3.23. The summed E-state index contributed by atoms with van der Waals surface area (Å²) in [7, 11) is 1.72. The Kier molecular flexibility index (Phi) is 3.15. The highest BCUT2D eigenvalue weighted by Gasteiger charge is 2.20. The van der Waals surface area contributed by atoms with Crippen molar-refractivity contribution in [3.05, 3.63) is 65.7 Å². The van der Waals surface area contributed by atoms with Gasteiger partial charge in [-0.25, -0.2) is 13.3 Å². The number of hydrogen-bond acceptors (Lipinski definition) is 3. The minimum atomic E-state index is -0.595. The number of fused-ring (bicyclic) bond motifs is 1. The van der Waals surface area contributed by atoms with Crippen molar-refractivity contribution in [1.29, 1.82) is 0 Å². The second kappa shape index (κ2) is 4.97. The van der Waals surface area contributed by atoms with Gasteiger partial charge in [0.25, 0.3) is 0 Å². The number of halogens is 2. The van der Waals surface area contributed by atoms with E-state index in [-0.39, 0.29) is 0 Å². The molecule has 0 aliphatic heterocycles. The van der Waals surface area contributed by atoms with Crippen LogP contribution in [-0.4, -0.2) is 21.6 Å². The van der Waals surface area contributed by atoms with Gasteiger partial charge in [-0.3, -0.25) is 4.98 Å². The Balaban J connectivity index is 2.14. The van der Waals surface area contributed by atoms with E-state index in [1.165, 1.54) is 12.1 Å². The zero-order valence-electron chi connectivity index (χ0n) is 10.7. The fourth-order valence-electron chi connectivity index (χ4n) is 2.29. The summed E-state index contributed by atoms with van der Waals surface area (Å²) in [5.74, 6) is -1.18. The summed E-state index contributed by atoms with van der Waals surface area (Å²) in [4.78, 5) is 4.05. The molecule has 2 heterocycles. The van der Waals surface area contributed by atoms with Crippen molar-refractivity contribution in [2.75, 3.05) is 7.05 Å². The summed E-state index contributed by atoms with van der Waals surface area (Å²) in [6, 6.07) is 3.14. The van der Waals surface area contributed by atoms with E-state index in [1.807, 2.05) is 0 Å². The number of rotatable bonds is 3. The zero-order valence-corrected chi connectivity index (χ0v) is 10.7. The standard InChI is InChI=1S/C14H12F2N4/c1-17-14(10-3-2-9(15)6-12(10)16)11-7-19-20-5-4-18-8-13(11)20/h2-8,14,17H,1H3. The lowest BCUT2D eigenvalue weighted by molar-refractivity contribution is 0.552. The van der Waals surface area contributed by atoms with Gasteiger partial charge in [-0.2, -0.15) is 5.10 Å². The van der Waals surface area contributed by atoms with Crippen LogP contribution in [0.5, 0.6) is 0 Å². The van der Waals surface area contributed by atoms with Crippen LogP contribution < -0.4 is 5.32 Å². The first kappa shape index (κ1) is 12.7. The van der Waals surface area contributed by atoms with Crippen molar-refractivity contribution in [2.45, 2.75) is 6.04 Å². The van der Waals surface area contributed by atoms with Gasteiger partial charge in [-0.05, 0) is 13.1 Å². The van der Waals surface area contributed by atoms with E-state index >= 15 is 0 Å². The molecule has 4 nitrogen and oxygen atoms in total. The predicted octanol–water partition coefficient (Wildman–Crippen LogP) is 2.32. The molecule has 20 heavy (non-hydrogen) atoms. The Morgan fingerprint density at radius 3 is 2.80 bits per heavy atom. The van der Waals surface area contributed by atoms with E-state index in [4.69, 9.17) is 0 Å². The number of benzene rings is 1. The van der Waals surface area contributed by atoms with Gasteiger partial charge in [-0.15, -0.1) is 0 Å². The average Bonchev–Trinajstić information content (AvgIpc) is 2.86. The molecule has 1 aromatic carbocycles. The summed E-state index contributed by atoms with van der Waals surface area (Å²) in [5, 5.41) is 7.23. The van der Waals surface area contributed by atoms with E-state index in [0.29, 0.717) is 5.56 Å². The first-order chi connectivity index (χ1) is 9.70. The minimum absolute atomic E-state index is 0.368. The van der Waals surface area contributed by atoms with Gasteiger partial charge >= 0.3 is 0 Å². The Hall–Kier alpha value is -2.34. The summed E-state index contributed by atoms with van der Waals surface area (Å²) in [6.07, 6.45) is 6.65. The maximum atomic E-state index is 14.0. The molecule has 0 saturated heterocycles. The van der Waals surface area contributed by atoms with Gasteiger partial charge in [0.15, 0.2) is 0 Å². The Morgan fingerprint density at radius 2 is 2.05 bits per heavy atom. The molecular formula is C14H12F2N4. The van der Waals surface area contributed by atoms with Crippen LogP contribution in [0, 0.1) is 11.6 Å². The molecule has 0 aliphatic carbocycles. The third kappa shape index (κ3) is 2.04. The molecule has 0 saturated carbocycles. The predicted molar refractivity (Wildman–Crippen MR) is 70.2 cm³/mol. The van der Waals surface area contributed by atoms with Crippen LogP contribution in [0.4, 0.5) is 8.78 Å². The average molecular weight is 274 g/mol. The minimum Gasteiger partial charge on any atom is -0.309 e. The topological polar surface area (TPSA) is 42.2 Å². The highest BCUT2D eigenvalue weighted by Crippen LogP contribution is 2.27. The fraction of sp³-hybridized carbons (Fsp3) is 0.143. The lowest BCUT2D eigenvalue weighted by atomic mass is 10.00. The highest BCUT2D eigenvalue weighted by atomic mass is 19.1. The lowest BCUT2D eigenvalue weighted by Crippen LogP contribution is -2.19. The van der Waals surface area contributed by atoms with Gasteiger partial charge < -0.3 is 5.32 Å². The molecule has 2 aromatic heterocycles. The van der Waals surface area contributed by atoms with Gasteiger partial charge in [0.05, 0.1) is 24.0 Å². The Labute approximate surface area is 114 Å². The SMILES string of the molecule is CNC(c1ccc(F)cc1F)c1cnn2ccncc12. The Morgan fingerprint density at radius 1 is 1.20 bits per heavy atom. The quantitative estimate of drug-likeness (QED) is 0.797. The van der Waals surface area contributed by atoms with Crippen LogP contribution in [0.2, 0.25) is 0 Å². The molecule has 0 spiro atoms. The van der Waals surface area contributed by atoms with Crippen molar-refractivity contribution >= 4 is 5.52 Å². The maximum Gasteiger partial charge on any atom is 0.131 e. The molecule has 102 valence electrons. The number of nitrogens with one attached hydrogen (secondary N) is 1. The smallest absolute Gasteiger partial charge is 0.131 e. The van der Waals surface area contributed by atoms with Crippen molar-refractivity contribution in [3.63, 3.8) is 0 Å². The molecule has 1 atom stereocenters. The summed E-state index contributed by atoms with van der Waals surface area (Å²) in [6.45, 7) is 0. The maximum absolute atomic E-state index is 14.0. The van der Waals surface area contributed by atoms with Crippen LogP contribution in [0.3, 0.4) is 0 Å². The summed E-state index contributed by atoms with van der Waals surface area (Å²) >= 11 is 0. The van der Waals surface area contributed by atoms with E-state index in [2.05, 4.69) is 15.4 Å². The van der Waals surface area contributed by atoms with Gasteiger partial charge in [-0.1, -0.05) is 6.07 Å². The molecule has 6 heteroatoms. The first-order valence-electron chi connectivity index (χ1n) is 6.10. The number of nitrogens with zero attached hydrogens (tertiary/aromatic N) is 3. The van der Waals surface area contributed by atoms with E-state index in [9.17, 15) is 8.78 Å². The van der Waals surface area contributed by atoms with Gasteiger partial charge in [0, 0.05) is 29.6 Å². The molecule has 0 amide bonds. The molecule has 0 fully saturated rings. The third-order valence-corrected chi connectivity index (χ3v) is 3.23. The van der Waals surface area contributed by atoms with Crippen LogP contribution in [-0.2, 0) is 0 Å². The molecule has 1 N–H and O–H groups in total. The summed E-state index contributed by atoms with van der Waals surface area (Å²) < 4.78 is 28.6. The largest absolute Gasteiger partial charge is 0.309 e. The monoisotopic (exact) mass is 274 g/mol. The molecule has 1 unspecified atom stereocenters. The number of hydrogen-bond donors (Lipinski definition) is 1. The molecule has 0 aliphatic rings. The van der Waals surface area contributed by atoms with Gasteiger partial charge in [0.2, 0.25) is 0 Å². The van der Waals surface area contributed by atoms with E-state index < -0.39 is 17.7 Å². The zero-order chi connectivity index (χ0) is 14.1. The van der Waals surface area contributed by atoms with Crippen molar-refractivity contribution in [3.8, 4) is 0 Å². The first-order valence-corrected chi connectivity index (χ1v) is 6.10. The molecule has 3 rings (SSSR count). The van der Waals surface area contributed by atoms with E-state index in [1.54, 1.807) is 36.4 Å². The molecule has 3 aromatic rings. The van der Waals surface area contributed by atoms with Crippen molar-refractivity contribution in [1.82, 2.24) is 19.9 Å². The van der Waals surface area contributed by atoms with Crippen LogP contribution in [0.25, 0.3) is 5.52 Å². The summed E-state index contributed by atoms with van der Waals surface area (Å²) in [5.41, 5.74) is 1.93. The van der Waals surface area contributed by atoms with Crippen LogP contribution in [0.1, 0.15) is 17.2 Å². The van der Waals surface area contributed by atoms with Crippen molar-refractivity contribution < 1.29 is 8.78 Å². The van der Waals surface area contributed by atoms with E-state index in [0.717, 1.165) is 17.1 Å². The highest BCUT2D eigenvalue weighted by molar-refractivity contribution is 5.55. The van der Waals surface area contributed by atoms with Crippen LogP contribution >= 0.6 is 0 Å². The second-order valence-electron chi connectivity index (χ2n) is 4.39. The molecule has 0 radical (unpaired) electrons.